The van der Waals surface area contributed by atoms with Crippen LogP contribution in [-0.4, -0.2) is 37.2 Å². The van der Waals surface area contributed by atoms with E-state index in [9.17, 15) is 5.11 Å². The van der Waals surface area contributed by atoms with E-state index in [0.29, 0.717) is 21.8 Å². The third-order valence-electron chi connectivity index (χ3n) is 4.62. The number of ether oxygens (including phenoxy) is 1. The number of halogens is 1. The van der Waals surface area contributed by atoms with Crippen molar-refractivity contribution in [3.63, 3.8) is 0 Å². The molecule has 5 nitrogen and oxygen atoms in total. The highest BCUT2D eigenvalue weighted by molar-refractivity contribution is 6.30. The van der Waals surface area contributed by atoms with Crippen LogP contribution in [0, 0.1) is 0 Å². The highest BCUT2D eigenvalue weighted by Gasteiger charge is 2.42. The standard InChI is InChI=1S/C18H18ClN3O2/c19-13-3-6-16-15(11-13)18(23,17(20)21-16)12-1-4-14(5-2-12)22-7-9-24-10-8-22/h1-6,11,23H,7-10H2,(H2,20,21). The summed E-state index contributed by atoms with van der Waals surface area (Å²) in [5.41, 5.74) is 7.67. The molecule has 0 bridgehead atoms. The quantitative estimate of drug-likeness (QED) is 0.878. The molecular weight excluding hydrogens is 326 g/mol. The zero-order valence-corrected chi connectivity index (χ0v) is 13.8. The summed E-state index contributed by atoms with van der Waals surface area (Å²) in [7, 11) is 0. The number of rotatable bonds is 2. The number of hydrogen-bond acceptors (Lipinski definition) is 5. The number of morpholine rings is 1. The molecule has 6 heteroatoms. The smallest absolute Gasteiger partial charge is 0.174 e. The molecule has 0 radical (unpaired) electrons. The van der Waals surface area contributed by atoms with Crippen LogP contribution >= 0.6 is 11.6 Å². The van der Waals surface area contributed by atoms with Gasteiger partial charge in [0.1, 0.15) is 5.84 Å². The Bertz CT molecular complexity index is 800. The molecule has 24 heavy (non-hydrogen) atoms. The monoisotopic (exact) mass is 343 g/mol. The highest BCUT2D eigenvalue weighted by Crippen LogP contribution is 2.43. The second kappa shape index (κ2) is 5.77. The number of amidine groups is 1. The van der Waals surface area contributed by atoms with Crippen LogP contribution in [0.3, 0.4) is 0 Å². The van der Waals surface area contributed by atoms with Gasteiger partial charge in [0, 0.05) is 29.4 Å². The maximum Gasteiger partial charge on any atom is 0.174 e. The first kappa shape index (κ1) is 15.4. The molecule has 2 aliphatic heterocycles. The number of nitrogens with zero attached hydrogens (tertiary/aromatic N) is 2. The lowest BCUT2D eigenvalue weighted by atomic mass is 9.86. The van der Waals surface area contributed by atoms with Gasteiger partial charge in [0.15, 0.2) is 5.60 Å². The zero-order chi connectivity index (χ0) is 16.7. The summed E-state index contributed by atoms with van der Waals surface area (Å²) in [6, 6.07) is 13.0. The molecule has 3 N–H and O–H groups in total. The Hall–Kier alpha value is -2.08. The van der Waals surface area contributed by atoms with Crippen molar-refractivity contribution in [1.82, 2.24) is 0 Å². The summed E-state index contributed by atoms with van der Waals surface area (Å²) >= 11 is 6.09. The maximum absolute atomic E-state index is 11.3. The van der Waals surface area contributed by atoms with Gasteiger partial charge in [-0.05, 0) is 35.9 Å². The van der Waals surface area contributed by atoms with Gasteiger partial charge in [0.2, 0.25) is 0 Å². The Kier molecular flexibility index (Phi) is 3.72. The molecule has 1 fully saturated rings. The summed E-state index contributed by atoms with van der Waals surface area (Å²) in [4.78, 5) is 6.55. The predicted octanol–water partition coefficient (Wildman–Crippen LogP) is 2.41. The van der Waals surface area contributed by atoms with Crippen LogP contribution in [0.5, 0.6) is 0 Å². The van der Waals surface area contributed by atoms with E-state index >= 15 is 0 Å². The molecule has 0 spiro atoms. The summed E-state index contributed by atoms with van der Waals surface area (Å²) in [5.74, 6) is 0.166. The average molecular weight is 344 g/mol. The van der Waals surface area contributed by atoms with Crippen molar-refractivity contribution in [3.8, 4) is 0 Å². The lowest BCUT2D eigenvalue weighted by Crippen LogP contribution is -2.40. The molecule has 0 aromatic heterocycles. The number of aliphatic imine (C=N–C) groups is 1. The van der Waals surface area contributed by atoms with Crippen molar-refractivity contribution in [1.29, 1.82) is 0 Å². The molecule has 1 saturated heterocycles. The Morgan fingerprint density at radius 1 is 1.12 bits per heavy atom. The first-order chi connectivity index (χ1) is 11.6. The minimum absolute atomic E-state index is 0.166. The summed E-state index contributed by atoms with van der Waals surface area (Å²) in [6.45, 7) is 3.20. The molecule has 0 amide bonds. The van der Waals surface area contributed by atoms with Crippen LogP contribution in [-0.2, 0) is 10.3 Å². The third-order valence-corrected chi connectivity index (χ3v) is 4.86. The van der Waals surface area contributed by atoms with E-state index in [2.05, 4.69) is 9.89 Å². The molecule has 2 aromatic carbocycles. The summed E-state index contributed by atoms with van der Waals surface area (Å²) in [6.07, 6.45) is 0. The third kappa shape index (κ3) is 2.36. The van der Waals surface area contributed by atoms with Gasteiger partial charge in [-0.2, -0.15) is 0 Å². The number of aliphatic hydroxyl groups is 1. The Balaban J connectivity index is 1.71. The molecule has 124 valence electrons. The van der Waals surface area contributed by atoms with Crippen molar-refractivity contribution in [2.75, 3.05) is 31.2 Å². The van der Waals surface area contributed by atoms with Crippen molar-refractivity contribution >= 4 is 28.8 Å². The van der Waals surface area contributed by atoms with Crippen LogP contribution in [0.4, 0.5) is 11.4 Å². The number of benzene rings is 2. The lowest BCUT2D eigenvalue weighted by molar-refractivity contribution is 0.122. The fraction of sp³-hybridized carbons (Fsp3) is 0.278. The molecule has 2 aromatic rings. The van der Waals surface area contributed by atoms with Gasteiger partial charge in [0.25, 0.3) is 0 Å². The number of nitrogens with two attached hydrogens (primary N) is 1. The van der Waals surface area contributed by atoms with E-state index in [4.69, 9.17) is 22.1 Å². The van der Waals surface area contributed by atoms with Gasteiger partial charge in [-0.15, -0.1) is 0 Å². The largest absolute Gasteiger partial charge is 0.384 e. The van der Waals surface area contributed by atoms with Crippen LogP contribution in [0.1, 0.15) is 11.1 Å². The molecule has 4 rings (SSSR count). The van der Waals surface area contributed by atoms with Gasteiger partial charge in [0.05, 0.1) is 18.9 Å². The first-order valence-corrected chi connectivity index (χ1v) is 8.27. The molecule has 1 unspecified atom stereocenters. The van der Waals surface area contributed by atoms with Crippen molar-refractivity contribution in [2.24, 2.45) is 10.7 Å². The predicted molar refractivity (Wildman–Crippen MR) is 95.2 cm³/mol. The number of anilines is 1. The fourth-order valence-electron chi connectivity index (χ4n) is 3.28. The van der Waals surface area contributed by atoms with E-state index in [-0.39, 0.29) is 5.84 Å². The molecule has 2 aliphatic rings. The van der Waals surface area contributed by atoms with Crippen LogP contribution in [0.2, 0.25) is 5.02 Å². The summed E-state index contributed by atoms with van der Waals surface area (Å²) in [5, 5.41) is 11.8. The Morgan fingerprint density at radius 3 is 2.54 bits per heavy atom. The molecular formula is C18H18ClN3O2. The Labute approximate surface area is 145 Å². The van der Waals surface area contributed by atoms with Gasteiger partial charge in [-0.1, -0.05) is 23.7 Å². The SMILES string of the molecule is NC1=Nc2ccc(Cl)cc2C1(O)c1ccc(N2CCOCC2)cc1. The van der Waals surface area contributed by atoms with E-state index in [1.807, 2.05) is 24.3 Å². The van der Waals surface area contributed by atoms with Crippen molar-refractivity contribution in [3.05, 3.63) is 58.6 Å². The van der Waals surface area contributed by atoms with Crippen molar-refractivity contribution in [2.45, 2.75) is 5.60 Å². The van der Waals surface area contributed by atoms with Gasteiger partial charge < -0.3 is 20.5 Å². The zero-order valence-electron chi connectivity index (χ0n) is 13.1. The highest BCUT2D eigenvalue weighted by atomic mass is 35.5. The summed E-state index contributed by atoms with van der Waals surface area (Å²) < 4.78 is 5.38. The second-order valence-corrected chi connectivity index (χ2v) is 6.45. The van der Waals surface area contributed by atoms with E-state index in [1.54, 1.807) is 18.2 Å². The fourth-order valence-corrected chi connectivity index (χ4v) is 3.45. The van der Waals surface area contributed by atoms with E-state index in [0.717, 1.165) is 32.0 Å². The van der Waals surface area contributed by atoms with Crippen molar-refractivity contribution < 1.29 is 9.84 Å². The van der Waals surface area contributed by atoms with E-state index < -0.39 is 5.60 Å². The molecule has 0 saturated carbocycles. The van der Waals surface area contributed by atoms with Gasteiger partial charge in [-0.25, -0.2) is 4.99 Å². The minimum Gasteiger partial charge on any atom is -0.384 e. The molecule has 2 heterocycles. The topological polar surface area (TPSA) is 71.1 Å². The van der Waals surface area contributed by atoms with Gasteiger partial charge >= 0.3 is 0 Å². The minimum atomic E-state index is -1.44. The molecule has 1 atom stereocenters. The maximum atomic E-state index is 11.3. The second-order valence-electron chi connectivity index (χ2n) is 6.02. The van der Waals surface area contributed by atoms with Gasteiger partial charge in [-0.3, -0.25) is 0 Å². The number of hydrogen-bond donors (Lipinski definition) is 2. The molecule has 0 aliphatic carbocycles. The average Bonchev–Trinajstić information content (AvgIpc) is 2.88. The normalized spacial score (nSPS) is 23.1. The first-order valence-electron chi connectivity index (χ1n) is 7.89. The van der Waals surface area contributed by atoms with E-state index in [1.165, 1.54) is 0 Å². The van der Waals surface area contributed by atoms with Crippen LogP contribution in [0.25, 0.3) is 0 Å². The van der Waals surface area contributed by atoms with Crippen LogP contribution in [0.15, 0.2) is 47.5 Å². The van der Waals surface area contributed by atoms with Crippen LogP contribution < -0.4 is 10.6 Å². The number of fused-ring (bicyclic) bond motifs is 1. The lowest BCUT2D eigenvalue weighted by Gasteiger charge is -2.30. The Morgan fingerprint density at radius 2 is 1.83 bits per heavy atom.